The third kappa shape index (κ3) is 3.14. The standard InChI is InChI=1S/C20H17O/c1-16-10-8-9-15-19(16)20(17-11-4-2-5-12-17)21-18-13-6-3-7-14-18/h2-13,15,20H,1H3. The van der Waals surface area contributed by atoms with Gasteiger partial charge in [0.25, 0.3) is 0 Å². The van der Waals surface area contributed by atoms with Gasteiger partial charge in [-0.05, 0) is 29.7 Å². The average Bonchev–Trinajstić information content (AvgIpc) is 2.55. The van der Waals surface area contributed by atoms with Gasteiger partial charge in [-0.3, -0.25) is 0 Å². The summed E-state index contributed by atoms with van der Waals surface area (Å²) in [6.45, 7) is 2.11. The van der Waals surface area contributed by atoms with Gasteiger partial charge < -0.3 is 4.74 Å². The summed E-state index contributed by atoms with van der Waals surface area (Å²) >= 11 is 0. The molecule has 0 fully saturated rings. The Morgan fingerprint density at radius 2 is 1.52 bits per heavy atom. The van der Waals surface area contributed by atoms with Crippen LogP contribution in [0.4, 0.5) is 0 Å². The number of aryl methyl sites for hydroxylation is 1. The van der Waals surface area contributed by atoms with Crippen LogP contribution < -0.4 is 4.74 Å². The summed E-state index contributed by atoms with van der Waals surface area (Å²) in [5, 5.41) is 0. The van der Waals surface area contributed by atoms with E-state index in [4.69, 9.17) is 4.74 Å². The van der Waals surface area contributed by atoms with Crippen molar-refractivity contribution in [1.29, 1.82) is 0 Å². The maximum absolute atomic E-state index is 6.21. The molecule has 21 heavy (non-hydrogen) atoms. The summed E-state index contributed by atoms with van der Waals surface area (Å²) < 4.78 is 6.21. The Morgan fingerprint density at radius 1 is 0.810 bits per heavy atom. The lowest BCUT2D eigenvalue weighted by Gasteiger charge is -2.21. The van der Waals surface area contributed by atoms with Crippen LogP contribution in [0, 0.1) is 13.0 Å². The highest BCUT2D eigenvalue weighted by molar-refractivity contribution is 5.37. The van der Waals surface area contributed by atoms with E-state index >= 15 is 0 Å². The van der Waals surface area contributed by atoms with E-state index in [1.54, 1.807) is 0 Å². The molecule has 0 aliphatic carbocycles. The predicted molar refractivity (Wildman–Crippen MR) is 85.4 cm³/mol. The van der Waals surface area contributed by atoms with Crippen molar-refractivity contribution in [1.82, 2.24) is 0 Å². The first-order valence-electron chi connectivity index (χ1n) is 7.08. The van der Waals surface area contributed by atoms with Crippen molar-refractivity contribution in [3.63, 3.8) is 0 Å². The van der Waals surface area contributed by atoms with E-state index in [1.165, 1.54) is 11.1 Å². The SMILES string of the molecule is Cc1ccccc1C(Oc1[c]cccc1)c1ccccc1. The molecule has 1 atom stereocenters. The number of hydrogen-bond acceptors (Lipinski definition) is 1. The third-order valence-corrected chi connectivity index (χ3v) is 3.50. The van der Waals surface area contributed by atoms with Gasteiger partial charge in [-0.25, -0.2) is 0 Å². The van der Waals surface area contributed by atoms with Crippen LogP contribution in [0.25, 0.3) is 0 Å². The fraction of sp³-hybridized carbons (Fsp3) is 0.100. The zero-order chi connectivity index (χ0) is 14.5. The van der Waals surface area contributed by atoms with Gasteiger partial charge in [0.2, 0.25) is 0 Å². The minimum Gasteiger partial charge on any atom is -0.480 e. The van der Waals surface area contributed by atoms with Crippen LogP contribution in [-0.2, 0) is 0 Å². The molecule has 0 aromatic heterocycles. The maximum atomic E-state index is 6.21. The van der Waals surface area contributed by atoms with Gasteiger partial charge in [0, 0.05) is 6.07 Å². The minimum absolute atomic E-state index is 0.119. The molecule has 0 N–H and O–H groups in total. The zero-order valence-corrected chi connectivity index (χ0v) is 12.0. The van der Waals surface area contributed by atoms with E-state index in [2.05, 4.69) is 49.4 Å². The van der Waals surface area contributed by atoms with Gasteiger partial charge in [0.15, 0.2) is 0 Å². The molecule has 0 heterocycles. The molecule has 1 unspecified atom stereocenters. The summed E-state index contributed by atoms with van der Waals surface area (Å²) in [4.78, 5) is 0. The zero-order valence-electron chi connectivity index (χ0n) is 12.0. The number of rotatable bonds is 4. The molecule has 103 valence electrons. The second kappa shape index (κ2) is 6.27. The van der Waals surface area contributed by atoms with Gasteiger partial charge in [0.05, 0.1) is 0 Å². The molecule has 0 spiro atoms. The monoisotopic (exact) mass is 273 g/mol. The van der Waals surface area contributed by atoms with E-state index in [9.17, 15) is 0 Å². The highest BCUT2D eigenvalue weighted by Crippen LogP contribution is 2.29. The Kier molecular flexibility index (Phi) is 4.02. The first-order chi connectivity index (χ1) is 10.3. The maximum Gasteiger partial charge on any atom is 0.149 e. The summed E-state index contributed by atoms with van der Waals surface area (Å²) in [6.07, 6.45) is -0.119. The van der Waals surface area contributed by atoms with Crippen LogP contribution in [0.5, 0.6) is 5.75 Å². The van der Waals surface area contributed by atoms with Crippen molar-refractivity contribution in [2.75, 3.05) is 0 Å². The van der Waals surface area contributed by atoms with Gasteiger partial charge in [-0.1, -0.05) is 72.8 Å². The molecule has 0 aliphatic heterocycles. The lowest BCUT2D eigenvalue weighted by atomic mass is 9.97. The van der Waals surface area contributed by atoms with Crippen LogP contribution in [0.2, 0.25) is 0 Å². The van der Waals surface area contributed by atoms with Crippen LogP contribution in [0.1, 0.15) is 22.8 Å². The lowest BCUT2D eigenvalue weighted by molar-refractivity contribution is 0.246. The van der Waals surface area contributed by atoms with Gasteiger partial charge in [-0.15, -0.1) is 0 Å². The molecular weight excluding hydrogens is 256 g/mol. The molecule has 3 aromatic carbocycles. The number of ether oxygens (including phenoxy) is 1. The average molecular weight is 273 g/mol. The summed E-state index contributed by atoms with van der Waals surface area (Å²) in [5.74, 6) is 0.759. The number of para-hydroxylation sites is 1. The first-order valence-corrected chi connectivity index (χ1v) is 7.08. The third-order valence-electron chi connectivity index (χ3n) is 3.50. The topological polar surface area (TPSA) is 9.23 Å². The second-order valence-electron chi connectivity index (χ2n) is 4.99. The van der Waals surface area contributed by atoms with E-state index in [0.29, 0.717) is 0 Å². The van der Waals surface area contributed by atoms with Crippen molar-refractivity contribution in [3.05, 3.63) is 102 Å². The second-order valence-corrected chi connectivity index (χ2v) is 4.99. The molecule has 0 bridgehead atoms. The largest absolute Gasteiger partial charge is 0.480 e. The Bertz CT molecular complexity index is 689. The Morgan fingerprint density at radius 3 is 2.24 bits per heavy atom. The number of hydrogen-bond donors (Lipinski definition) is 0. The van der Waals surface area contributed by atoms with Crippen molar-refractivity contribution in [2.45, 2.75) is 13.0 Å². The number of benzene rings is 3. The molecule has 3 aromatic rings. The summed E-state index contributed by atoms with van der Waals surface area (Å²) in [7, 11) is 0. The fourth-order valence-electron chi connectivity index (χ4n) is 2.40. The Hall–Kier alpha value is -2.54. The first kappa shape index (κ1) is 13.4. The lowest BCUT2D eigenvalue weighted by Crippen LogP contribution is -2.10. The summed E-state index contributed by atoms with van der Waals surface area (Å²) in [6, 6.07) is 29.5. The highest BCUT2D eigenvalue weighted by atomic mass is 16.5. The fourth-order valence-corrected chi connectivity index (χ4v) is 2.40. The van der Waals surface area contributed by atoms with Gasteiger partial charge >= 0.3 is 0 Å². The van der Waals surface area contributed by atoms with Crippen LogP contribution in [0.3, 0.4) is 0 Å². The molecule has 1 heteroatoms. The molecular formula is C20H17O. The normalized spacial score (nSPS) is 11.9. The van der Waals surface area contributed by atoms with E-state index in [-0.39, 0.29) is 6.10 Å². The van der Waals surface area contributed by atoms with Gasteiger partial charge in [-0.2, -0.15) is 0 Å². The highest BCUT2D eigenvalue weighted by Gasteiger charge is 2.17. The van der Waals surface area contributed by atoms with Crippen molar-refractivity contribution < 1.29 is 4.74 Å². The smallest absolute Gasteiger partial charge is 0.149 e. The van der Waals surface area contributed by atoms with Crippen LogP contribution in [-0.4, -0.2) is 0 Å². The summed E-state index contributed by atoms with van der Waals surface area (Å²) in [5.41, 5.74) is 3.55. The molecule has 0 aliphatic rings. The van der Waals surface area contributed by atoms with E-state index in [1.807, 2.05) is 42.5 Å². The molecule has 0 saturated heterocycles. The van der Waals surface area contributed by atoms with E-state index in [0.717, 1.165) is 11.3 Å². The Balaban J connectivity index is 2.02. The molecule has 1 radical (unpaired) electrons. The van der Waals surface area contributed by atoms with Crippen LogP contribution >= 0.6 is 0 Å². The van der Waals surface area contributed by atoms with Gasteiger partial charge in [0.1, 0.15) is 11.9 Å². The van der Waals surface area contributed by atoms with Crippen LogP contribution in [0.15, 0.2) is 78.9 Å². The quantitative estimate of drug-likeness (QED) is 0.652. The molecule has 1 nitrogen and oxygen atoms in total. The Labute approximate surface area is 125 Å². The predicted octanol–water partition coefficient (Wildman–Crippen LogP) is 4.96. The van der Waals surface area contributed by atoms with Crippen molar-refractivity contribution >= 4 is 0 Å². The molecule has 3 rings (SSSR count). The van der Waals surface area contributed by atoms with Crippen molar-refractivity contribution in [2.24, 2.45) is 0 Å². The molecule has 0 saturated carbocycles. The van der Waals surface area contributed by atoms with E-state index < -0.39 is 0 Å². The van der Waals surface area contributed by atoms with Crippen molar-refractivity contribution in [3.8, 4) is 5.75 Å². The minimum atomic E-state index is -0.119. The molecule has 0 amide bonds.